The van der Waals surface area contributed by atoms with Gasteiger partial charge in [0.15, 0.2) is 5.11 Å². The summed E-state index contributed by atoms with van der Waals surface area (Å²) >= 11 is 4.57. The molecule has 0 saturated heterocycles. The number of nitro benzene ring substituents is 2. The summed E-state index contributed by atoms with van der Waals surface area (Å²) in [6.07, 6.45) is 0. The Morgan fingerprint density at radius 3 is 2.06 bits per heavy atom. The van der Waals surface area contributed by atoms with Gasteiger partial charge in [0.05, 0.1) is 16.4 Å². The molecule has 1 rings (SSSR count). The zero-order valence-electron chi connectivity index (χ0n) is 8.98. The van der Waals surface area contributed by atoms with Gasteiger partial charge in [-0.25, -0.2) is 5.84 Å². The molecule has 18 heavy (non-hydrogen) atoms. The maximum atomic E-state index is 10.8. The van der Waals surface area contributed by atoms with Crippen LogP contribution in [0.3, 0.4) is 0 Å². The van der Waals surface area contributed by atoms with Crippen molar-refractivity contribution in [2.45, 2.75) is 6.54 Å². The normalized spacial score (nSPS) is 9.83. The van der Waals surface area contributed by atoms with Crippen LogP contribution in [0.1, 0.15) is 5.56 Å². The van der Waals surface area contributed by atoms with Gasteiger partial charge in [-0.3, -0.25) is 25.2 Å². The first-order chi connectivity index (χ1) is 8.34. The molecule has 10 heteroatoms. The summed E-state index contributed by atoms with van der Waals surface area (Å²) in [5, 5.41) is 22.2. The molecule has 96 valence electrons. The van der Waals surface area contributed by atoms with Crippen LogP contribution in [0.5, 0.6) is 0 Å². The van der Waals surface area contributed by atoms with E-state index in [0.29, 0.717) is 0 Å². The first-order valence-electron chi connectivity index (χ1n) is 4.57. The molecule has 0 aliphatic heterocycles. The zero-order chi connectivity index (χ0) is 13.9. The smallest absolute Gasteiger partial charge is 0.281 e. The van der Waals surface area contributed by atoms with E-state index in [2.05, 4.69) is 12.2 Å². The minimum absolute atomic E-state index is 0.150. The average Bonchev–Trinajstić information content (AvgIpc) is 2.28. The molecule has 0 unspecified atom stereocenters. The quantitative estimate of drug-likeness (QED) is 0.347. The van der Waals surface area contributed by atoms with Gasteiger partial charge < -0.3 is 5.73 Å². The Kier molecular flexibility index (Phi) is 4.07. The van der Waals surface area contributed by atoms with Gasteiger partial charge in [-0.15, -0.1) is 0 Å². The third-order valence-electron chi connectivity index (χ3n) is 2.13. The fourth-order valence-corrected chi connectivity index (χ4v) is 1.38. The van der Waals surface area contributed by atoms with Crippen LogP contribution in [0.15, 0.2) is 18.2 Å². The molecule has 4 N–H and O–H groups in total. The van der Waals surface area contributed by atoms with Crippen LogP contribution in [-0.4, -0.2) is 20.0 Å². The van der Waals surface area contributed by atoms with E-state index in [1.54, 1.807) is 0 Å². The number of hydrogen-bond donors (Lipinski definition) is 2. The first-order valence-corrected chi connectivity index (χ1v) is 4.97. The molecule has 0 saturated carbocycles. The Morgan fingerprint density at radius 2 is 1.72 bits per heavy atom. The molecule has 1 aromatic rings. The summed E-state index contributed by atoms with van der Waals surface area (Å²) in [5.74, 6) is 5.41. The van der Waals surface area contributed by atoms with Crippen molar-refractivity contribution in [3.8, 4) is 0 Å². The lowest BCUT2D eigenvalue weighted by Crippen LogP contribution is -2.40. The average molecular weight is 271 g/mol. The van der Waals surface area contributed by atoms with Crippen LogP contribution in [0.4, 0.5) is 11.4 Å². The molecule has 0 fully saturated rings. The van der Waals surface area contributed by atoms with Crippen LogP contribution in [-0.2, 0) is 6.54 Å². The Hall–Kier alpha value is -2.33. The van der Waals surface area contributed by atoms with E-state index in [1.165, 1.54) is 6.07 Å². The van der Waals surface area contributed by atoms with Crippen LogP contribution >= 0.6 is 12.2 Å². The van der Waals surface area contributed by atoms with E-state index in [4.69, 9.17) is 11.6 Å². The minimum atomic E-state index is -0.726. The van der Waals surface area contributed by atoms with Crippen molar-refractivity contribution in [3.63, 3.8) is 0 Å². The van der Waals surface area contributed by atoms with Crippen molar-refractivity contribution >= 4 is 28.7 Å². The van der Waals surface area contributed by atoms with Crippen molar-refractivity contribution in [1.82, 2.24) is 5.01 Å². The van der Waals surface area contributed by atoms with Crippen LogP contribution in [0, 0.1) is 20.2 Å². The lowest BCUT2D eigenvalue weighted by Gasteiger charge is -2.15. The maximum Gasteiger partial charge on any atom is 0.281 e. The van der Waals surface area contributed by atoms with Gasteiger partial charge in [0.2, 0.25) is 0 Å². The summed E-state index contributed by atoms with van der Waals surface area (Å²) in [5.41, 5.74) is 4.27. The van der Waals surface area contributed by atoms with E-state index in [9.17, 15) is 20.2 Å². The number of nitrogens with two attached hydrogens (primary N) is 2. The van der Waals surface area contributed by atoms with E-state index >= 15 is 0 Å². The fourth-order valence-electron chi connectivity index (χ4n) is 1.32. The Labute approximate surface area is 106 Å². The molecule has 0 aliphatic rings. The number of thiocarbonyl (C=S) groups is 1. The van der Waals surface area contributed by atoms with Gasteiger partial charge in [-0.2, -0.15) is 0 Å². The van der Waals surface area contributed by atoms with Crippen molar-refractivity contribution in [2.75, 3.05) is 0 Å². The molecule has 0 amide bonds. The summed E-state index contributed by atoms with van der Waals surface area (Å²) in [7, 11) is 0. The number of rotatable bonds is 4. The van der Waals surface area contributed by atoms with Crippen LogP contribution < -0.4 is 11.6 Å². The molecule has 0 heterocycles. The summed E-state index contributed by atoms with van der Waals surface area (Å²) in [6.45, 7) is -0.317. The Morgan fingerprint density at radius 1 is 1.28 bits per heavy atom. The van der Waals surface area contributed by atoms with Crippen LogP contribution in [0.2, 0.25) is 0 Å². The molecular formula is C8H9N5O4S. The first kappa shape index (κ1) is 13.7. The predicted molar refractivity (Wildman–Crippen MR) is 66.3 cm³/mol. The molecule has 0 atom stereocenters. The predicted octanol–water partition coefficient (Wildman–Crippen LogP) is 0.422. The third-order valence-corrected chi connectivity index (χ3v) is 2.37. The highest BCUT2D eigenvalue weighted by molar-refractivity contribution is 7.80. The Bertz CT molecular complexity index is 488. The molecule has 0 spiro atoms. The highest BCUT2D eigenvalue weighted by Crippen LogP contribution is 2.28. The summed E-state index contributed by atoms with van der Waals surface area (Å²) in [4.78, 5) is 20.2. The monoisotopic (exact) mass is 271 g/mol. The van der Waals surface area contributed by atoms with Crippen molar-refractivity contribution in [3.05, 3.63) is 44.0 Å². The topological polar surface area (TPSA) is 142 Å². The molecule has 0 radical (unpaired) electrons. The fraction of sp³-hybridized carbons (Fsp3) is 0.125. The second kappa shape index (κ2) is 5.33. The van der Waals surface area contributed by atoms with E-state index in [1.807, 2.05) is 0 Å². The summed E-state index contributed by atoms with van der Waals surface area (Å²) < 4.78 is 0. The van der Waals surface area contributed by atoms with Crippen molar-refractivity contribution in [1.29, 1.82) is 0 Å². The van der Waals surface area contributed by atoms with Gasteiger partial charge in [-0.1, -0.05) is 0 Å². The standard InChI is InChI=1S/C8H9N5O4S/c9-8(18)11(10)4-5-6(12(14)15)2-1-3-7(5)13(16)17/h1-3H,4,10H2,(H2,9,18). The molecule has 9 nitrogen and oxygen atoms in total. The molecule has 0 aliphatic carbocycles. The number of nitro groups is 2. The lowest BCUT2D eigenvalue weighted by atomic mass is 10.1. The summed E-state index contributed by atoms with van der Waals surface area (Å²) in [6, 6.07) is 3.52. The van der Waals surface area contributed by atoms with Gasteiger partial charge in [0.25, 0.3) is 11.4 Å². The third kappa shape index (κ3) is 2.87. The highest BCUT2D eigenvalue weighted by Gasteiger charge is 2.25. The maximum absolute atomic E-state index is 10.8. The van der Waals surface area contributed by atoms with Gasteiger partial charge in [-0.05, 0) is 18.3 Å². The molecular weight excluding hydrogens is 262 g/mol. The van der Waals surface area contributed by atoms with Crippen molar-refractivity contribution < 1.29 is 9.85 Å². The minimum Gasteiger partial charge on any atom is -0.375 e. The zero-order valence-corrected chi connectivity index (χ0v) is 9.79. The number of benzene rings is 1. The second-order valence-electron chi connectivity index (χ2n) is 3.26. The number of nitrogens with zero attached hydrogens (tertiary/aromatic N) is 3. The largest absolute Gasteiger partial charge is 0.375 e. The lowest BCUT2D eigenvalue weighted by molar-refractivity contribution is -0.395. The molecule has 0 bridgehead atoms. The number of hydrogen-bond acceptors (Lipinski definition) is 6. The molecule has 0 aromatic heterocycles. The molecule has 1 aromatic carbocycles. The van der Waals surface area contributed by atoms with Crippen molar-refractivity contribution in [2.24, 2.45) is 11.6 Å². The van der Waals surface area contributed by atoms with Crippen LogP contribution in [0.25, 0.3) is 0 Å². The van der Waals surface area contributed by atoms with Gasteiger partial charge in [0, 0.05) is 12.1 Å². The van der Waals surface area contributed by atoms with E-state index in [-0.39, 0.29) is 17.2 Å². The van der Waals surface area contributed by atoms with Gasteiger partial charge in [0.1, 0.15) is 5.56 Å². The highest BCUT2D eigenvalue weighted by atomic mass is 32.1. The second-order valence-corrected chi connectivity index (χ2v) is 3.67. The van der Waals surface area contributed by atoms with E-state index < -0.39 is 21.2 Å². The van der Waals surface area contributed by atoms with Gasteiger partial charge >= 0.3 is 0 Å². The SMILES string of the molecule is NC(=S)N(N)Cc1c([N+](=O)[O-])cccc1[N+](=O)[O-]. The van der Waals surface area contributed by atoms with E-state index in [0.717, 1.165) is 17.1 Å². The Balaban J connectivity index is 3.31. The number of hydrazine groups is 1.